The molecule has 1 aromatic rings. The van der Waals surface area contributed by atoms with E-state index in [1.54, 1.807) is 19.2 Å². The van der Waals surface area contributed by atoms with Gasteiger partial charge in [-0.2, -0.15) is 0 Å². The van der Waals surface area contributed by atoms with Gasteiger partial charge in [-0.25, -0.2) is 4.79 Å². The van der Waals surface area contributed by atoms with Crippen molar-refractivity contribution in [2.75, 3.05) is 12.4 Å². The van der Waals surface area contributed by atoms with Gasteiger partial charge in [-0.05, 0) is 31.0 Å². The zero-order valence-corrected chi connectivity index (χ0v) is 12.9. The van der Waals surface area contributed by atoms with E-state index in [1.807, 2.05) is 6.07 Å². The van der Waals surface area contributed by atoms with Crippen molar-refractivity contribution in [1.29, 1.82) is 0 Å². The van der Waals surface area contributed by atoms with Gasteiger partial charge in [0.2, 0.25) is 0 Å². The summed E-state index contributed by atoms with van der Waals surface area (Å²) in [6.45, 7) is 0. The van der Waals surface area contributed by atoms with Gasteiger partial charge in [-0.3, -0.25) is 0 Å². The maximum Gasteiger partial charge on any atom is 0.319 e. The van der Waals surface area contributed by atoms with Gasteiger partial charge in [0.15, 0.2) is 0 Å². The number of methoxy groups -OCH3 is 1. The van der Waals surface area contributed by atoms with Gasteiger partial charge in [0.25, 0.3) is 0 Å². The van der Waals surface area contributed by atoms with Gasteiger partial charge in [-0.1, -0.05) is 28.8 Å². The van der Waals surface area contributed by atoms with Crippen molar-refractivity contribution in [3.8, 4) is 5.75 Å². The lowest BCUT2D eigenvalue weighted by molar-refractivity contribution is 0.0955. The van der Waals surface area contributed by atoms with Crippen molar-refractivity contribution in [1.82, 2.24) is 5.32 Å². The van der Waals surface area contributed by atoms with E-state index in [4.69, 9.17) is 4.74 Å². The van der Waals surface area contributed by atoms with Gasteiger partial charge < -0.3 is 20.5 Å². The molecule has 110 valence electrons. The number of rotatable bonds is 3. The molecule has 0 bridgehead atoms. The molecule has 2 atom stereocenters. The van der Waals surface area contributed by atoms with E-state index in [9.17, 15) is 9.90 Å². The fraction of sp³-hybridized carbons (Fsp3) is 0.500. The predicted molar refractivity (Wildman–Crippen MR) is 81.1 cm³/mol. The van der Waals surface area contributed by atoms with Crippen LogP contribution >= 0.6 is 15.9 Å². The fourth-order valence-electron chi connectivity index (χ4n) is 2.38. The Morgan fingerprint density at radius 1 is 1.40 bits per heavy atom. The van der Waals surface area contributed by atoms with Gasteiger partial charge in [0.05, 0.1) is 24.9 Å². The summed E-state index contributed by atoms with van der Waals surface area (Å²) in [6.07, 6.45) is 3.14. The first-order valence-electron chi connectivity index (χ1n) is 6.69. The van der Waals surface area contributed by atoms with Crippen LogP contribution in [-0.2, 0) is 0 Å². The third-order valence-electron chi connectivity index (χ3n) is 3.46. The van der Waals surface area contributed by atoms with Crippen LogP contribution in [0.2, 0.25) is 0 Å². The Morgan fingerprint density at radius 3 is 2.85 bits per heavy atom. The lowest BCUT2D eigenvalue weighted by Gasteiger charge is -2.28. The second-order valence-electron chi connectivity index (χ2n) is 4.90. The Morgan fingerprint density at radius 2 is 2.15 bits per heavy atom. The monoisotopic (exact) mass is 342 g/mol. The number of aliphatic hydroxyl groups excluding tert-OH is 1. The minimum Gasteiger partial charge on any atom is -0.495 e. The van der Waals surface area contributed by atoms with Crippen molar-refractivity contribution in [2.24, 2.45) is 0 Å². The molecular weight excluding hydrogens is 324 g/mol. The summed E-state index contributed by atoms with van der Waals surface area (Å²) in [7, 11) is 1.55. The van der Waals surface area contributed by atoms with Crippen LogP contribution in [0.4, 0.5) is 10.5 Å². The Bertz CT molecular complexity index is 481. The molecule has 0 spiro atoms. The lowest BCUT2D eigenvalue weighted by atomic mass is 9.93. The van der Waals surface area contributed by atoms with Crippen LogP contribution in [0.1, 0.15) is 25.7 Å². The molecule has 1 aliphatic rings. The van der Waals surface area contributed by atoms with Gasteiger partial charge in [-0.15, -0.1) is 0 Å². The molecule has 5 nitrogen and oxygen atoms in total. The summed E-state index contributed by atoms with van der Waals surface area (Å²) in [6, 6.07) is 4.88. The number of carbonyl (C=O) groups excluding carboxylic acids is 1. The summed E-state index contributed by atoms with van der Waals surface area (Å²) in [5.74, 6) is 0.590. The molecule has 0 aromatic heterocycles. The number of ether oxygens (including phenoxy) is 1. The number of hydrogen-bond donors (Lipinski definition) is 3. The maximum atomic E-state index is 12.0. The highest BCUT2D eigenvalue weighted by atomic mass is 79.9. The second-order valence-corrected chi connectivity index (χ2v) is 5.82. The Balaban J connectivity index is 1.99. The average Bonchev–Trinajstić information content (AvgIpc) is 2.41. The van der Waals surface area contributed by atoms with Crippen LogP contribution in [0.15, 0.2) is 22.7 Å². The van der Waals surface area contributed by atoms with E-state index < -0.39 is 6.10 Å². The number of hydrogen-bond acceptors (Lipinski definition) is 3. The van der Waals surface area contributed by atoms with Gasteiger partial charge in [0, 0.05) is 4.47 Å². The molecule has 0 saturated heterocycles. The summed E-state index contributed by atoms with van der Waals surface area (Å²) in [5.41, 5.74) is 0.588. The summed E-state index contributed by atoms with van der Waals surface area (Å²) < 4.78 is 6.05. The van der Waals surface area contributed by atoms with E-state index in [-0.39, 0.29) is 12.1 Å². The van der Waals surface area contributed by atoms with Crippen LogP contribution in [0.3, 0.4) is 0 Å². The Kier molecular flexibility index (Phi) is 5.25. The normalized spacial score (nSPS) is 22.1. The van der Waals surface area contributed by atoms with E-state index in [0.29, 0.717) is 11.4 Å². The van der Waals surface area contributed by atoms with E-state index in [2.05, 4.69) is 26.6 Å². The van der Waals surface area contributed by atoms with Crippen molar-refractivity contribution in [2.45, 2.75) is 37.8 Å². The number of urea groups is 1. The average molecular weight is 343 g/mol. The maximum absolute atomic E-state index is 12.0. The summed E-state index contributed by atoms with van der Waals surface area (Å²) in [5, 5.41) is 15.4. The fourth-order valence-corrected chi connectivity index (χ4v) is 2.75. The number of anilines is 1. The number of amides is 2. The van der Waals surface area contributed by atoms with Crippen LogP contribution in [0.5, 0.6) is 5.75 Å². The van der Waals surface area contributed by atoms with E-state index in [1.165, 1.54) is 0 Å². The highest BCUT2D eigenvalue weighted by Crippen LogP contribution is 2.28. The number of aliphatic hydroxyl groups is 1. The molecule has 20 heavy (non-hydrogen) atoms. The number of carbonyl (C=O) groups is 1. The molecular formula is C14H19BrN2O3. The van der Waals surface area contributed by atoms with Crippen LogP contribution in [0, 0.1) is 0 Å². The number of benzene rings is 1. The van der Waals surface area contributed by atoms with Crippen LogP contribution < -0.4 is 15.4 Å². The van der Waals surface area contributed by atoms with Crippen molar-refractivity contribution in [3.63, 3.8) is 0 Å². The number of halogens is 1. The summed E-state index contributed by atoms with van der Waals surface area (Å²) in [4.78, 5) is 12.0. The van der Waals surface area contributed by atoms with Gasteiger partial charge >= 0.3 is 6.03 Å². The molecule has 6 heteroatoms. The zero-order chi connectivity index (χ0) is 14.5. The molecule has 1 aromatic carbocycles. The molecule has 0 aliphatic heterocycles. The largest absolute Gasteiger partial charge is 0.495 e. The molecule has 3 N–H and O–H groups in total. The molecule has 2 amide bonds. The Hall–Kier alpha value is -1.27. The SMILES string of the molecule is COc1ccc(Br)cc1NC(=O)NC1CCCCC1O. The smallest absolute Gasteiger partial charge is 0.319 e. The lowest BCUT2D eigenvalue weighted by Crippen LogP contribution is -2.46. The molecule has 2 unspecified atom stereocenters. The first-order valence-corrected chi connectivity index (χ1v) is 7.48. The topological polar surface area (TPSA) is 70.6 Å². The molecule has 0 heterocycles. The van der Waals surface area contributed by atoms with Crippen LogP contribution in [0.25, 0.3) is 0 Å². The van der Waals surface area contributed by atoms with E-state index in [0.717, 1.165) is 30.2 Å². The number of nitrogens with one attached hydrogen (secondary N) is 2. The third-order valence-corrected chi connectivity index (χ3v) is 3.95. The predicted octanol–water partition coefficient (Wildman–Crippen LogP) is 2.88. The molecule has 1 saturated carbocycles. The van der Waals surface area contributed by atoms with Crippen molar-refractivity contribution < 1.29 is 14.6 Å². The highest BCUT2D eigenvalue weighted by Gasteiger charge is 2.24. The first-order chi connectivity index (χ1) is 9.60. The standard InChI is InChI=1S/C14H19BrN2O3/c1-20-13-7-6-9(15)8-11(13)17-14(19)16-10-4-2-3-5-12(10)18/h6-8,10,12,18H,2-5H2,1H3,(H2,16,17,19). The van der Waals surface area contributed by atoms with Crippen LogP contribution in [-0.4, -0.2) is 30.4 Å². The minimum absolute atomic E-state index is 0.179. The Labute approximate surface area is 126 Å². The quantitative estimate of drug-likeness (QED) is 0.790. The molecule has 0 radical (unpaired) electrons. The summed E-state index contributed by atoms with van der Waals surface area (Å²) >= 11 is 3.36. The zero-order valence-electron chi connectivity index (χ0n) is 11.4. The first kappa shape index (κ1) is 15.1. The van der Waals surface area contributed by atoms with Gasteiger partial charge in [0.1, 0.15) is 5.75 Å². The van der Waals surface area contributed by atoms with Crippen molar-refractivity contribution in [3.05, 3.63) is 22.7 Å². The third kappa shape index (κ3) is 3.86. The van der Waals surface area contributed by atoms with Crippen molar-refractivity contribution >= 4 is 27.6 Å². The highest BCUT2D eigenvalue weighted by molar-refractivity contribution is 9.10. The second kappa shape index (κ2) is 6.95. The molecule has 1 fully saturated rings. The van der Waals surface area contributed by atoms with E-state index >= 15 is 0 Å². The minimum atomic E-state index is -0.459. The molecule has 2 rings (SSSR count). The molecule has 1 aliphatic carbocycles.